The molecule has 0 saturated heterocycles. The van der Waals surface area contributed by atoms with E-state index < -0.39 is 0 Å². The molecule has 0 unspecified atom stereocenters. The number of benzene rings is 3. The zero-order chi connectivity index (χ0) is 19.3. The van der Waals surface area contributed by atoms with Crippen molar-refractivity contribution in [1.82, 2.24) is 4.98 Å². The molecule has 4 aromatic rings. The van der Waals surface area contributed by atoms with E-state index in [1.165, 1.54) is 0 Å². The first-order chi connectivity index (χ1) is 13.7. The first-order valence-corrected chi connectivity index (χ1v) is 9.10. The summed E-state index contributed by atoms with van der Waals surface area (Å²) in [7, 11) is 0. The maximum Gasteiger partial charge on any atom is 0.343 e. The average molecular weight is 365 g/mol. The van der Waals surface area contributed by atoms with E-state index in [0.29, 0.717) is 11.3 Å². The average Bonchev–Trinajstić information content (AvgIpc) is 2.75. The second-order valence-corrected chi connectivity index (χ2v) is 6.55. The van der Waals surface area contributed by atoms with Crippen molar-refractivity contribution >= 4 is 5.97 Å². The molecule has 0 aliphatic carbocycles. The third-order valence-electron chi connectivity index (χ3n) is 4.52. The lowest BCUT2D eigenvalue weighted by Crippen LogP contribution is -2.09. The molecule has 0 radical (unpaired) electrons. The molecule has 0 aliphatic rings. The zero-order valence-electron chi connectivity index (χ0n) is 15.5. The van der Waals surface area contributed by atoms with Crippen molar-refractivity contribution in [2.75, 3.05) is 0 Å². The van der Waals surface area contributed by atoms with Crippen molar-refractivity contribution < 1.29 is 9.53 Å². The summed E-state index contributed by atoms with van der Waals surface area (Å²) in [6, 6.07) is 28.9. The monoisotopic (exact) mass is 365 g/mol. The van der Waals surface area contributed by atoms with Crippen LogP contribution in [0.5, 0.6) is 5.75 Å². The van der Waals surface area contributed by atoms with Gasteiger partial charge in [-0.2, -0.15) is 0 Å². The van der Waals surface area contributed by atoms with Gasteiger partial charge in [-0.15, -0.1) is 0 Å². The van der Waals surface area contributed by atoms with E-state index in [4.69, 9.17) is 4.74 Å². The van der Waals surface area contributed by atoms with Crippen LogP contribution in [-0.2, 0) is 0 Å². The van der Waals surface area contributed by atoms with Crippen LogP contribution in [0, 0.1) is 6.92 Å². The Morgan fingerprint density at radius 3 is 2.25 bits per heavy atom. The number of carbonyl (C=O) groups excluding carboxylic acids is 1. The minimum Gasteiger partial charge on any atom is -0.422 e. The predicted molar refractivity (Wildman–Crippen MR) is 111 cm³/mol. The van der Waals surface area contributed by atoms with Gasteiger partial charge in [-0.05, 0) is 54.4 Å². The fourth-order valence-electron chi connectivity index (χ4n) is 3.00. The van der Waals surface area contributed by atoms with Crippen molar-refractivity contribution in [1.29, 1.82) is 0 Å². The van der Waals surface area contributed by atoms with Crippen LogP contribution in [0.15, 0.2) is 97.2 Å². The second kappa shape index (κ2) is 7.89. The number of nitrogens with zero attached hydrogens (tertiary/aromatic N) is 1. The highest BCUT2D eigenvalue weighted by molar-refractivity contribution is 5.92. The Balaban J connectivity index is 1.75. The van der Waals surface area contributed by atoms with Gasteiger partial charge in [0.1, 0.15) is 5.75 Å². The molecular formula is C25H19NO2. The van der Waals surface area contributed by atoms with Crippen LogP contribution >= 0.6 is 0 Å². The Hall–Kier alpha value is -3.72. The topological polar surface area (TPSA) is 39.2 Å². The van der Waals surface area contributed by atoms with Gasteiger partial charge >= 0.3 is 5.97 Å². The van der Waals surface area contributed by atoms with Crippen molar-refractivity contribution in [3.8, 4) is 28.1 Å². The number of pyridine rings is 1. The summed E-state index contributed by atoms with van der Waals surface area (Å²) in [5.74, 6) is 0.105. The minimum atomic E-state index is -0.387. The molecule has 0 bridgehead atoms. The number of hydrogen-bond acceptors (Lipinski definition) is 3. The Morgan fingerprint density at radius 1 is 0.786 bits per heavy atom. The SMILES string of the molecule is Cc1ccc(C(=O)Oc2cc(-c3ccccc3)ccc2-c2ccccn2)cc1. The highest BCUT2D eigenvalue weighted by Crippen LogP contribution is 2.34. The van der Waals surface area contributed by atoms with Gasteiger partial charge in [0, 0.05) is 11.8 Å². The summed E-state index contributed by atoms with van der Waals surface area (Å²) in [6.07, 6.45) is 1.73. The molecule has 0 amide bonds. The van der Waals surface area contributed by atoms with E-state index in [-0.39, 0.29) is 5.97 Å². The summed E-state index contributed by atoms with van der Waals surface area (Å²) in [4.78, 5) is 17.1. The first-order valence-electron chi connectivity index (χ1n) is 9.10. The highest BCUT2D eigenvalue weighted by atomic mass is 16.5. The molecule has 0 saturated carbocycles. The third-order valence-corrected chi connectivity index (χ3v) is 4.52. The minimum absolute atomic E-state index is 0.387. The summed E-state index contributed by atoms with van der Waals surface area (Å²) in [5.41, 5.74) is 5.18. The summed E-state index contributed by atoms with van der Waals surface area (Å²) < 4.78 is 5.81. The summed E-state index contributed by atoms with van der Waals surface area (Å²) in [6.45, 7) is 1.98. The summed E-state index contributed by atoms with van der Waals surface area (Å²) >= 11 is 0. The van der Waals surface area contributed by atoms with E-state index in [2.05, 4.69) is 4.98 Å². The lowest BCUT2D eigenvalue weighted by molar-refractivity contribution is 0.0735. The standard InChI is InChI=1S/C25H19NO2/c1-18-10-12-20(13-11-18)25(27)28-24-17-21(19-7-3-2-4-8-19)14-15-22(24)23-9-5-6-16-26-23/h2-17H,1H3. The van der Waals surface area contributed by atoms with Crippen LogP contribution in [0.3, 0.4) is 0 Å². The molecule has 3 nitrogen and oxygen atoms in total. The molecule has 3 heteroatoms. The normalized spacial score (nSPS) is 10.5. The van der Waals surface area contributed by atoms with Gasteiger partial charge in [0.2, 0.25) is 0 Å². The summed E-state index contributed by atoms with van der Waals surface area (Å²) in [5, 5.41) is 0. The molecule has 0 fully saturated rings. The smallest absolute Gasteiger partial charge is 0.343 e. The van der Waals surface area contributed by atoms with Crippen molar-refractivity contribution in [2.24, 2.45) is 0 Å². The maximum absolute atomic E-state index is 12.7. The Morgan fingerprint density at radius 2 is 1.54 bits per heavy atom. The predicted octanol–water partition coefficient (Wildman–Crippen LogP) is 5.94. The van der Waals surface area contributed by atoms with E-state index in [0.717, 1.165) is 27.9 Å². The van der Waals surface area contributed by atoms with E-state index >= 15 is 0 Å². The molecule has 0 N–H and O–H groups in total. The van der Waals surface area contributed by atoms with Crippen molar-refractivity contribution in [3.05, 3.63) is 108 Å². The van der Waals surface area contributed by atoms with Crippen molar-refractivity contribution in [2.45, 2.75) is 6.92 Å². The van der Waals surface area contributed by atoms with Gasteiger partial charge in [0.15, 0.2) is 0 Å². The largest absolute Gasteiger partial charge is 0.422 e. The van der Waals surface area contributed by atoms with E-state index in [1.807, 2.05) is 85.8 Å². The molecule has 3 aromatic carbocycles. The number of rotatable bonds is 4. The first kappa shape index (κ1) is 17.7. The highest BCUT2D eigenvalue weighted by Gasteiger charge is 2.15. The van der Waals surface area contributed by atoms with Gasteiger partial charge in [-0.3, -0.25) is 4.98 Å². The third kappa shape index (κ3) is 3.84. The number of carbonyl (C=O) groups is 1. The van der Waals surface area contributed by atoms with E-state index in [9.17, 15) is 4.79 Å². The fourth-order valence-corrected chi connectivity index (χ4v) is 3.00. The van der Waals surface area contributed by atoms with Crippen LogP contribution in [0.4, 0.5) is 0 Å². The fraction of sp³-hybridized carbons (Fsp3) is 0.0400. The number of ether oxygens (including phenoxy) is 1. The van der Waals surface area contributed by atoms with Gasteiger partial charge in [-0.25, -0.2) is 4.79 Å². The molecule has 28 heavy (non-hydrogen) atoms. The molecule has 0 aliphatic heterocycles. The van der Waals surface area contributed by atoms with E-state index in [1.54, 1.807) is 18.3 Å². The van der Waals surface area contributed by atoms with Crippen molar-refractivity contribution in [3.63, 3.8) is 0 Å². The molecule has 4 rings (SSSR count). The lowest BCUT2D eigenvalue weighted by atomic mass is 10.0. The zero-order valence-corrected chi connectivity index (χ0v) is 15.5. The number of aromatic nitrogens is 1. The van der Waals surface area contributed by atoms with Gasteiger partial charge in [0.25, 0.3) is 0 Å². The molecule has 0 atom stereocenters. The van der Waals surface area contributed by atoms with Gasteiger partial charge in [-0.1, -0.05) is 60.2 Å². The quantitative estimate of drug-likeness (QED) is 0.332. The number of aryl methyl sites for hydroxylation is 1. The van der Waals surface area contributed by atoms with Crippen LogP contribution in [0.1, 0.15) is 15.9 Å². The molecular weight excluding hydrogens is 346 g/mol. The molecule has 1 aromatic heterocycles. The Bertz CT molecular complexity index is 1090. The van der Waals surface area contributed by atoms with Crippen LogP contribution in [0.2, 0.25) is 0 Å². The van der Waals surface area contributed by atoms with Crippen LogP contribution in [-0.4, -0.2) is 11.0 Å². The Labute approximate surface area is 164 Å². The van der Waals surface area contributed by atoms with Gasteiger partial charge in [0.05, 0.1) is 11.3 Å². The Kier molecular flexibility index (Phi) is 4.98. The number of hydrogen-bond donors (Lipinski definition) is 0. The van der Waals surface area contributed by atoms with Crippen LogP contribution in [0.25, 0.3) is 22.4 Å². The lowest BCUT2D eigenvalue weighted by Gasteiger charge is -2.12. The molecule has 136 valence electrons. The molecule has 0 spiro atoms. The number of esters is 1. The van der Waals surface area contributed by atoms with Gasteiger partial charge < -0.3 is 4.74 Å². The molecule has 1 heterocycles. The maximum atomic E-state index is 12.7. The second-order valence-electron chi connectivity index (χ2n) is 6.55. The van der Waals surface area contributed by atoms with Crippen LogP contribution < -0.4 is 4.74 Å².